The Hall–Kier alpha value is -1.75. The van der Waals surface area contributed by atoms with E-state index in [-0.39, 0.29) is 6.03 Å². The van der Waals surface area contributed by atoms with Gasteiger partial charge in [-0.3, -0.25) is 0 Å². The van der Waals surface area contributed by atoms with Gasteiger partial charge in [0.25, 0.3) is 0 Å². The van der Waals surface area contributed by atoms with Gasteiger partial charge in [0.1, 0.15) is 5.75 Å². The Morgan fingerprint density at radius 1 is 1.33 bits per heavy atom. The number of rotatable bonds is 7. The third-order valence-corrected chi connectivity index (χ3v) is 5.14. The number of urea groups is 1. The molecule has 1 unspecified atom stereocenters. The summed E-state index contributed by atoms with van der Waals surface area (Å²) in [5.41, 5.74) is 6.70. The first-order chi connectivity index (χ1) is 11.5. The summed E-state index contributed by atoms with van der Waals surface area (Å²) in [7, 11) is 1.69. The lowest BCUT2D eigenvalue weighted by molar-refractivity contribution is 0.134. The van der Waals surface area contributed by atoms with E-state index in [9.17, 15) is 4.79 Å². The molecule has 2 rings (SSSR count). The first-order valence-electron chi connectivity index (χ1n) is 8.94. The number of amides is 2. The minimum atomic E-state index is -0.284. The second-order valence-electron chi connectivity index (χ2n) is 6.76. The number of nitrogens with two attached hydrogens (primary N) is 1. The monoisotopic (exact) mass is 333 g/mol. The molecule has 1 aliphatic rings. The second-order valence-corrected chi connectivity index (χ2v) is 6.76. The van der Waals surface area contributed by atoms with Crippen LogP contribution in [-0.4, -0.2) is 55.2 Å². The van der Waals surface area contributed by atoms with Crippen LogP contribution in [0.15, 0.2) is 24.3 Å². The highest BCUT2D eigenvalue weighted by molar-refractivity contribution is 5.72. The highest BCUT2D eigenvalue weighted by Crippen LogP contribution is 2.21. The van der Waals surface area contributed by atoms with Gasteiger partial charge in [0.15, 0.2) is 0 Å². The largest absolute Gasteiger partial charge is 0.497 e. The lowest BCUT2D eigenvalue weighted by Gasteiger charge is -2.36. The van der Waals surface area contributed by atoms with Gasteiger partial charge in [0, 0.05) is 25.7 Å². The second kappa shape index (κ2) is 8.92. The van der Waals surface area contributed by atoms with E-state index in [0.717, 1.165) is 51.2 Å². The summed E-state index contributed by atoms with van der Waals surface area (Å²) in [5, 5.41) is 0. The molecular weight excluding hydrogens is 302 g/mol. The number of ether oxygens (including phenoxy) is 1. The molecule has 0 aliphatic carbocycles. The summed E-state index contributed by atoms with van der Waals surface area (Å²) < 4.78 is 5.22. The quantitative estimate of drug-likeness (QED) is 0.835. The van der Waals surface area contributed by atoms with E-state index in [2.05, 4.69) is 30.9 Å². The number of carbonyl (C=O) groups excluding carboxylic acids is 1. The third kappa shape index (κ3) is 5.13. The number of hydrogen-bond acceptors (Lipinski definition) is 3. The summed E-state index contributed by atoms with van der Waals surface area (Å²) in [5.74, 6) is 1.55. The van der Waals surface area contributed by atoms with Gasteiger partial charge in [0.2, 0.25) is 0 Å². The van der Waals surface area contributed by atoms with Gasteiger partial charge in [-0.25, -0.2) is 4.79 Å². The van der Waals surface area contributed by atoms with Crippen LogP contribution in [0, 0.1) is 5.92 Å². The number of likely N-dealkylation sites (N-methyl/N-ethyl adjacent to an activating group) is 1. The van der Waals surface area contributed by atoms with Crippen molar-refractivity contribution in [2.24, 2.45) is 11.7 Å². The SMILES string of the molecule is CCN(CC1CCN(C(N)=O)CC1)C(C)Cc1ccc(OC)cc1. The number of likely N-dealkylation sites (tertiary alicyclic amines) is 1. The molecule has 24 heavy (non-hydrogen) atoms. The fraction of sp³-hybridized carbons (Fsp3) is 0.632. The Balaban J connectivity index is 1.84. The Morgan fingerprint density at radius 3 is 2.46 bits per heavy atom. The van der Waals surface area contributed by atoms with E-state index in [1.807, 2.05) is 12.1 Å². The molecule has 0 saturated carbocycles. The van der Waals surface area contributed by atoms with Crippen molar-refractivity contribution < 1.29 is 9.53 Å². The minimum absolute atomic E-state index is 0.284. The van der Waals surface area contributed by atoms with E-state index in [1.165, 1.54) is 5.56 Å². The van der Waals surface area contributed by atoms with Crippen LogP contribution in [0.5, 0.6) is 5.75 Å². The average Bonchev–Trinajstić information content (AvgIpc) is 2.60. The maximum Gasteiger partial charge on any atom is 0.314 e. The molecule has 0 radical (unpaired) electrons. The smallest absolute Gasteiger partial charge is 0.314 e. The fourth-order valence-electron chi connectivity index (χ4n) is 3.52. The fourth-order valence-corrected chi connectivity index (χ4v) is 3.52. The number of carbonyl (C=O) groups is 1. The first-order valence-corrected chi connectivity index (χ1v) is 8.94. The molecule has 1 aliphatic heterocycles. The van der Waals surface area contributed by atoms with E-state index in [0.29, 0.717) is 12.0 Å². The maximum absolute atomic E-state index is 11.2. The van der Waals surface area contributed by atoms with Crippen LogP contribution in [0.1, 0.15) is 32.3 Å². The molecule has 5 heteroatoms. The summed E-state index contributed by atoms with van der Waals surface area (Å²) in [6.07, 6.45) is 3.14. The highest BCUT2D eigenvalue weighted by Gasteiger charge is 2.24. The van der Waals surface area contributed by atoms with E-state index >= 15 is 0 Å². The Kier molecular flexibility index (Phi) is 6.91. The van der Waals surface area contributed by atoms with Crippen molar-refractivity contribution >= 4 is 6.03 Å². The predicted molar refractivity (Wildman–Crippen MR) is 97.3 cm³/mol. The molecule has 1 atom stereocenters. The van der Waals surface area contributed by atoms with Gasteiger partial charge >= 0.3 is 6.03 Å². The number of methoxy groups -OCH3 is 1. The predicted octanol–water partition coefficient (Wildman–Crippen LogP) is 2.74. The van der Waals surface area contributed by atoms with Crippen LogP contribution in [0.3, 0.4) is 0 Å². The van der Waals surface area contributed by atoms with Crippen LogP contribution >= 0.6 is 0 Å². The molecule has 1 heterocycles. The molecule has 0 aromatic heterocycles. The van der Waals surface area contributed by atoms with E-state index in [4.69, 9.17) is 10.5 Å². The Morgan fingerprint density at radius 2 is 1.96 bits per heavy atom. The summed E-state index contributed by atoms with van der Waals surface area (Å²) in [4.78, 5) is 15.5. The zero-order valence-electron chi connectivity index (χ0n) is 15.2. The molecule has 1 aromatic carbocycles. The maximum atomic E-state index is 11.2. The summed E-state index contributed by atoms with van der Waals surface area (Å²) in [6.45, 7) is 8.26. The molecule has 2 amide bonds. The molecule has 1 saturated heterocycles. The standard InChI is InChI=1S/C19H31N3O2/c1-4-21(14-17-9-11-22(12-10-17)19(20)23)15(2)13-16-5-7-18(24-3)8-6-16/h5-8,15,17H,4,9-14H2,1-3H3,(H2,20,23). The van der Waals surface area contributed by atoms with Crippen molar-refractivity contribution in [3.8, 4) is 5.75 Å². The van der Waals surface area contributed by atoms with Crippen molar-refractivity contribution in [2.75, 3.05) is 33.3 Å². The van der Waals surface area contributed by atoms with Gasteiger partial charge in [-0.15, -0.1) is 0 Å². The number of hydrogen-bond donors (Lipinski definition) is 1. The van der Waals surface area contributed by atoms with Crippen molar-refractivity contribution in [3.63, 3.8) is 0 Å². The van der Waals surface area contributed by atoms with Crippen LogP contribution in [0.4, 0.5) is 4.79 Å². The van der Waals surface area contributed by atoms with Crippen LogP contribution < -0.4 is 10.5 Å². The third-order valence-electron chi connectivity index (χ3n) is 5.14. The number of benzene rings is 1. The molecular formula is C19H31N3O2. The highest BCUT2D eigenvalue weighted by atomic mass is 16.5. The zero-order chi connectivity index (χ0) is 17.5. The molecule has 1 aromatic rings. The van der Waals surface area contributed by atoms with E-state index < -0.39 is 0 Å². The lowest BCUT2D eigenvalue weighted by Crippen LogP contribution is -2.45. The number of nitrogens with zero attached hydrogens (tertiary/aromatic N) is 2. The normalized spacial score (nSPS) is 17.1. The Labute approximate surface area is 145 Å². The van der Waals surface area contributed by atoms with E-state index in [1.54, 1.807) is 12.0 Å². The van der Waals surface area contributed by atoms with Gasteiger partial charge in [-0.2, -0.15) is 0 Å². The van der Waals surface area contributed by atoms with Crippen molar-refractivity contribution in [1.29, 1.82) is 0 Å². The average molecular weight is 333 g/mol. The van der Waals surface area contributed by atoms with Gasteiger partial charge in [-0.05, 0) is 56.3 Å². The number of piperidine rings is 1. The zero-order valence-corrected chi connectivity index (χ0v) is 15.2. The van der Waals surface area contributed by atoms with Gasteiger partial charge in [0.05, 0.1) is 7.11 Å². The Bertz CT molecular complexity index is 510. The van der Waals surface area contributed by atoms with Gasteiger partial charge in [-0.1, -0.05) is 19.1 Å². The number of primary amides is 1. The van der Waals surface area contributed by atoms with Crippen LogP contribution in [0.25, 0.3) is 0 Å². The molecule has 1 fully saturated rings. The topological polar surface area (TPSA) is 58.8 Å². The minimum Gasteiger partial charge on any atom is -0.497 e. The molecule has 0 bridgehead atoms. The summed E-state index contributed by atoms with van der Waals surface area (Å²) in [6, 6.07) is 8.56. The molecule has 2 N–H and O–H groups in total. The van der Waals surface area contributed by atoms with Gasteiger partial charge < -0.3 is 20.3 Å². The first kappa shape index (κ1) is 18.6. The molecule has 5 nitrogen and oxygen atoms in total. The van der Waals surface area contributed by atoms with Crippen LogP contribution in [-0.2, 0) is 6.42 Å². The van der Waals surface area contributed by atoms with Crippen LogP contribution in [0.2, 0.25) is 0 Å². The van der Waals surface area contributed by atoms with Crippen molar-refractivity contribution in [3.05, 3.63) is 29.8 Å². The summed E-state index contributed by atoms with van der Waals surface area (Å²) >= 11 is 0. The van der Waals surface area contributed by atoms with Crippen molar-refractivity contribution in [2.45, 2.75) is 39.2 Å². The van der Waals surface area contributed by atoms with Crippen molar-refractivity contribution in [1.82, 2.24) is 9.80 Å². The lowest BCUT2D eigenvalue weighted by atomic mass is 9.95. The molecule has 0 spiro atoms. The molecule has 134 valence electrons.